The van der Waals surface area contributed by atoms with Crippen molar-refractivity contribution in [3.63, 3.8) is 0 Å². The van der Waals surface area contributed by atoms with Crippen LogP contribution in [0, 0.1) is 5.82 Å². The third kappa shape index (κ3) is 5.01. The Morgan fingerprint density at radius 2 is 2.20 bits per heavy atom. The molecule has 1 aromatic rings. The van der Waals surface area contributed by atoms with Gasteiger partial charge in [-0.1, -0.05) is 6.07 Å². The molecule has 20 heavy (non-hydrogen) atoms. The molecule has 1 aromatic carbocycles. The lowest BCUT2D eigenvalue weighted by Crippen LogP contribution is -2.43. The second-order valence-electron chi connectivity index (χ2n) is 3.87. The number of rotatable bonds is 6. The van der Waals surface area contributed by atoms with Gasteiger partial charge in [0.1, 0.15) is 11.9 Å². The maximum Gasteiger partial charge on any atom is 0.326 e. The highest BCUT2D eigenvalue weighted by Gasteiger charge is 2.20. The van der Waals surface area contributed by atoms with Crippen LogP contribution < -0.4 is 10.6 Å². The van der Waals surface area contributed by atoms with E-state index in [1.54, 1.807) is 6.07 Å². The maximum absolute atomic E-state index is 13.5. The van der Waals surface area contributed by atoms with Gasteiger partial charge in [0, 0.05) is 4.47 Å². The predicted octanol–water partition coefficient (Wildman–Crippen LogP) is 2.92. The van der Waals surface area contributed by atoms with Crippen molar-refractivity contribution in [2.24, 2.45) is 0 Å². The van der Waals surface area contributed by atoms with E-state index in [1.165, 1.54) is 23.9 Å². The molecule has 0 aliphatic carbocycles. The summed E-state index contributed by atoms with van der Waals surface area (Å²) in [5, 5.41) is 13.6. The maximum atomic E-state index is 13.5. The van der Waals surface area contributed by atoms with Gasteiger partial charge in [0.25, 0.3) is 0 Å². The van der Waals surface area contributed by atoms with Crippen molar-refractivity contribution in [1.29, 1.82) is 0 Å². The summed E-state index contributed by atoms with van der Waals surface area (Å²) in [5.74, 6) is -1.13. The van der Waals surface area contributed by atoms with Crippen LogP contribution in [-0.4, -0.2) is 35.2 Å². The zero-order chi connectivity index (χ0) is 15.1. The molecular formula is C12H14BrFN2O3S. The Labute approximate surface area is 128 Å². The summed E-state index contributed by atoms with van der Waals surface area (Å²) < 4.78 is 13.9. The highest BCUT2D eigenvalue weighted by atomic mass is 79.9. The van der Waals surface area contributed by atoms with Gasteiger partial charge in [0.05, 0.1) is 5.69 Å². The molecule has 0 bridgehead atoms. The van der Waals surface area contributed by atoms with Crippen LogP contribution in [-0.2, 0) is 4.79 Å². The summed E-state index contributed by atoms with van der Waals surface area (Å²) in [6, 6.07) is 2.49. The molecule has 0 fully saturated rings. The number of carboxylic acids is 1. The number of hydrogen-bond acceptors (Lipinski definition) is 3. The molecular weight excluding hydrogens is 351 g/mol. The van der Waals surface area contributed by atoms with Crippen LogP contribution in [0.2, 0.25) is 0 Å². The number of urea groups is 1. The van der Waals surface area contributed by atoms with E-state index in [0.29, 0.717) is 16.6 Å². The molecule has 0 radical (unpaired) electrons. The minimum Gasteiger partial charge on any atom is -0.480 e. The molecule has 5 nitrogen and oxygen atoms in total. The Hall–Kier alpha value is -1.28. The number of halogens is 2. The summed E-state index contributed by atoms with van der Waals surface area (Å²) >= 11 is 4.59. The van der Waals surface area contributed by atoms with Gasteiger partial charge in [-0.15, -0.1) is 0 Å². The van der Waals surface area contributed by atoms with Gasteiger partial charge in [0.2, 0.25) is 0 Å². The van der Waals surface area contributed by atoms with Crippen LogP contribution >= 0.6 is 27.7 Å². The fourth-order valence-corrected chi connectivity index (χ4v) is 2.33. The van der Waals surface area contributed by atoms with Crippen LogP contribution in [0.1, 0.15) is 6.42 Å². The number of thioether (sulfide) groups is 1. The standard InChI is InChI=1S/C12H14BrFN2O3S/c1-20-6-5-9(11(17)18)15-12(19)16-10-7(13)3-2-4-8(10)14/h2-4,9H,5-6H2,1H3,(H,17,18)(H2,15,16,19)/t9-/m0/s1. The Balaban J connectivity index is 2.68. The van der Waals surface area contributed by atoms with E-state index in [4.69, 9.17) is 5.11 Å². The molecule has 0 aromatic heterocycles. The van der Waals surface area contributed by atoms with Crippen molar-refractivity contribution in [2.75, 3.05) is 17.3 Å². The topological polar surface area (TPSA) is 78.4 Å². The van der Waals surface area contributed by atoms with Crippen molar-refractivity contribution >= 4 is 45.4 Å². The molecule has 0 unspecified atom stereocenters. The number of hydrogen-bond donors (Lipinski definition) is 3. The zero-order valence-electron chi connectivity index (χ0n) is 10.7. The molecule has 1 rings (SSSR count). The van der Waals surface area contributed by atoms with Crippen molar-refractivity contribution in [1.82, 2.24) is 5.32 Å². The van der Waals surface area contributed by atoms with E-state index in [0.717, 1.165) is 0 Å². The summed E-state index contributed by atoms with van der Waals surface area (Å²) in [7, 11) is 0. The number of carbonyl (C=O) groups excluding carboxylic acids is 1. The number of para-hydroxylation sites is 1. The normalized spacial score (nSPS) is 11.8. The molecule has 0 heterocycles. The number of carboxylic acid groups (broad SMARTS) is 1. The molecule has 0 aliphatic rings. The first kappa shape index (κ1) is 16.8. The lowest BCUT2D eigenvalue weighted by molar-refractivity contribution is -0.139. The number of aliphatic carboxylic acids is 1. The average molecular weight is 365 g/mol. The van der Waals surface area contributed by atoms with Crippen molar-refractivity contribution in [3.05, 3.63) is 28.5 Å². The molecule has 110 valence electrons. The van der Waals surface area contributed by atoms with E-state index in [-0.39, 0.29) is 5.69 Å². The fourth-order valence-electron chi connectivity index (χ4n) is 1.42. The number of amides is 2. The highest BCUT2D eigenvalue weighted by Crippen LogP contribution is 2.24. The van der Waals surface area contributed by atoms with Crippen molar-refractivity contribution in [2.45, 2.75) is 12.5 Å². The smallest absolute Gasteiger partial charge is 0.326 e. The first-order chi connectivity index (χ1) is 9.45. The monoisotopic (exact) mass is 364 g/mol. The Morgan fingerprint density at radius 1 is 1.50 bits per heavy atom. The van der Waals surface area contributed by atoms with Crippen LogP contribution in [0.25, 0.3) is 0 Å². The number of carbonyl (C=O) groups is 2. The lowest BCUT2D eigenvalue weighted by atomic mass is 10.2. The summed E-state index contributed by atoms with van der Waals surface area (Å²) in [4.78, 5) is 22.7. The number of nitrogens with one attached hydrogen (secondary N) is 2. The van der Waals surface area contributed by atoms with Crippen LogP contribution in [0.5, 0.6) is 0 Å². The second kappa shape index (κ2) is 8.11. The molecule has 0 saturated heterocycles. The fraction of sp³-hybridized carbons (Fsp3) is 0.333. The Kier molecular flexibility index (Phi) is 6.80. The SMILES string of the molecule is CSCC[C@H](NC(=O)Nc1c(F)cccc1Br)C(=O)O. The van der Waals surface area contributed by atoms with Gasteiger partial charge in [-0.2, -0.15) is 11.8 Å². The molecule has 2 amide bonds. The quantitative estimate of drug-likeness (QED) is 0.724. The molecule has 8 heteroatoms. The average Bonchev–Trinajstić information content (AvgIpc) is 2.38. The summed E-state index contributed by atoms with van der Waals surface area (Å²) in [5.41, 5.74) is -0.0287. The van der Waals surface area contributed by atoms with Crippen molar-refractivity contribution < 1.29 is 19.1 Å². The van der Waals surface area contributed by atoms with Crippen molar-refractivity contribution in [3.8, 4) is 0 Å². The van der Waals surface area contributed by atoms with Gasteiger partial charge < -0.3 is 15.7 Å². The summed E-state index contributed by atoms with van der Waals surface area (Å²) in [6.45, 7) is 0. The summed E-state index contributed by atoms with van der Waals surface area (Å²) in [6.07, 6.45) is 2.14. The Morgan fingerprint density at radius 3 is 2.75 bits per heavy atom. The van der Waals surface area contributed by atoms with Gasteiger partial charge in [-0.3, -0.25) is 0 Å². The van der Waals surface area contributed by atoms with Crippen LogP contribution in [0.4, 0.5) is 14.9 Å². The first-order valence-corrected chi connectivity index (χ1v) is 7.87. The number of benzene rings is 1. The van der Waals surface area contributed by atoms with Gasteiger partial charge in [-0.25, -0.2) is 14.0 Å². The van der Waals surface area contributed by atoms with E-state index in [9.17, 15) is 14.0 Å². The highest BCUT2D eigenvalue weighted by molar-refractivity contribution is 9.10. The Bertz CT molecular complexity index is 481. The van der Waals surface area contributed by atoms with Gasteiger partial charge in [0.15, 0.2) is 0 Å². The van der Waals surface area contributed by atoms with E-state index >= 15 is 0 Å². The third-order valence-electron chi connectivity index (χ3n) is 2.42. The molecule has 3 N–H and O–H groups in total. The zero-order valence-corrected chi connectivity index (χ0v) is 13.1. The third-order valence-corrected chi connectivity index (χ3v) is 3.72. The molecule has 1 atom stereocenters. The minimum atomic E-state index is -1.12. The minimum absolute atomic E-state index is 0.0287. The molecule has 0 aliphatic heterocycles. The van der Waals surface area contributed by atoms with Crippen LogP contribution in [0.3, 0.4) is 0 Å². The van der Waals surface area contributed by atoms with Gasteiger partial charge in [-0.05, 0) is 46.5 Å². The number of anilines is 1. The predicted molar refractivity (Wildman–Crippen MR) is 80.7 cm³/mol. The first-order valence-electron chi connectivity index (χ1n) is 5.69. The van der Waals surface area contributed by atoms with Crippen LogP contribution in [0.15, 0.2) is 22.7 Å². The lowest BCUT2D eigenvalue weighted by Gasteiger charge is -2.15. The van der Waals surface area contributed by atoms with E-state index in [2.05, 4.69) is 26.6 Å². The van der Waals surface area contributed by atoms with E-state index < -0.39 is 23.9 Å². The largest absolute Gasteiger partial charge is 0.480 e. The van der Waals surface area contributed by atoms with E-state index in [1.807, 2.05) is 6.26 Å². The molecule has 0 spiro atoms. The molecule has 0 saturated carbocycles. The van der Waals surface area contributed by atoms with Gasteiger partial charge >= 0.3 is 12.0 Å². The second-order valence-corrected chi connectivity index (χ2v) is 5.71.